The number of nitrogen functional groups attached to an aromatic ring is 1. The Kier molecular flexibility index (Phi) is 2.96. The van der Waals surface area contributed by atoms with Crippen LogP contribution >= 0.6 is 12.4 Å². The molecule has 0 saturated carbocycles. The van der Waals surface area contributed by atoms with Gasteiger partial charge in [0.1, 0.15) is 0 Å². The number of nitrogens with two attached hydrogens (primary N) is 1. The highest BCUT2D eigenvalue weighted by atomic mass is 35.5. The van der Waals surface area contributed by atoms with E-state index in [4.69, 9.17) is 10.2 Å². The highest BCUT2D eigenvalue weighted by Gasteiger charge is 2.17. The first-order valence-electron chi connectivity index (χ1n) is 3.07. The van der Waals surface area contributed by atoms with Gasteiger partial charge in [-0.05, 0) is 13.8 Å². The quantitative estimate of drug-likeness (QED) is 0.684. The molecule has 3 N–H and O–H groups in total. The molecule has 0 amide bonds. The lowest BCUT2D eigenvalue weighted by Gasteiger charge is -2.13. The lowest BCUT2D eigenvalue weighted by atomic mass is 10.0. The van der Waals surface area contributed by atoms with Gasteiger partial charge in [-0.15, -0.1) is 12.4 Å². The van der Waals surface area contributed by atoms with Crippen molar-refractivity contribution in [2.45, 2.75) is 19.4 Å². The van der Waals surface area contributed by atoms with Crippen LogP contribution in [0, 0.1) is 0 Å². The first kappa shape index (κ1) is 10.3. The molecule has 0 bridgehead atoms. The second-order valence-corrected chi connectivity index (χ2v) is 2.80. The van der Waals surface area contributed by atoms with E-state index in [2.05, 4.69) is 0 Å². The Morgan fingerprint density at radius 3 is 2.27 bits per heavy atom. The summed E-state index contributed by atoms with van der Waals surface area (Å²) in [5.41, 5.74) is 5.14. The predicted molar refractivity (Wildman–Crippen MR) is 45.6 cm³/mol. The minimum atomic E-state index is -0.860. The van der Waals surface area contributed by atoms with Crippen LogP contribution in [0.25, 0.3) is 0 Å². The summed E-state index contributed by atoms with van der Waals surface area (Å²) in [7, 11) is 0. The van der Waals surface area contributed by atoms with Crippen LogP contribution in [0.5, 0.6) is 0 Å². The third-order valence-corrected chi connectivity index (χ3v) is 1.33. The first-order valence-corrected chi connectivity index (χ1v) is 3.07. The third-order valence-electron chi connectivity index (χ3n) is 1.33. The molecular formula is C7H12ClNO2. The molecule has 0 fully saturated rings. The molecule has 0 unspecified atom stereocenters. The summed E-state index contributed by atoms with van der Waals surface area (Å²) in [6.07, 6.45) is 1.45. The van der Waals surface area contributed by atoms with Crippen molar-refractivity contribution in [1.82, 2.24) is 0 Å². The van der Waals surface area contributed by atoms with E-state index in [0.717, 1.165) is 0 Å². The van der Waals surface area contributed by atoms with Gasteiger partial charge in [0.05, 0.1) is 11.9 Å². The van der Waals surface area contributed by atoms with Crippen LogP contribution in [-0.2, 0) is 5.60 Å². The highest BCUT2D eigenvalue weighted by Crippen LogP contribution is 2.22. The highest BCUT2D eigenvalue weighted by molar-refractivity contribution is 5.85. The Bertz CT molecular complexity index is 227. The van der Waals surface area contributed by atoms with E-state index in [1.54, 1.807) is 19.9 Å². The fourth-order valence-corrected chi connectivity index (χ4v) is 0.674. The summed E-state index contributed by atoms with van der Waals surface area (Å²) in [5.74, 6) is 0.331. The molecule has 64 valence electrons. The second kappa shape index (κ2) is 3.15. The molecule has 1 aromatic rings. The predicted octanol–water partition coefficient (Wildman–Crippen LogP) is 1.51. The number of hydrogen-bond acceptors (Lipinski definition) is 3. The maximum absolute atomic E-state index is 9.39. The fourth-order valence-electron chi connectivity index (χ4n) is 0.674. The van der Waals surface area contributed by atoms with E-state index in [1.165, 1.54) is 6.26 Å². The molecule has 0 spiro atoms. The number of hydrogen-bond donors (Lipinski definition) is 2. The molecule has 0 aliphatic heterocycles. The molecule has 3 nitrogen and oxygen atoms in total. The lowest BCUT2D eigenvalue weighted by Crippen LogP contribution is -2.13. The number of halogens is 1. The van der Waals surface area contributed by atoms with Crippen molar-refractivity contribution in [3.8, 4) is 0 Å². The van der Waals surface area contributed by atoms with Crippen LogP contribution in [0.1, 0.15) is 19.4 Å². The Morgan fingerprint density at radius 1 is 1.55 bits per heavy atom. The van der Waals surface area contributed by atoms with Crippen LogP contribution < -0.4 is 5.73 Å². The largest absolute Gasteiger partial charge is 0.449 e. The van der Waals surface area contributed by atoms with Crippen LogP contribution in [0.2, 0.25) is 0 Å². The minimum Gasteiger partial charge on any atom is -0.449 e. The van der Waals surface area contributed by atoms with Crippen molar-refractivity contribution in [3.63, 3.8) is 0 Å². The number of furan rings is 1. The van der Waals surface area contributed by atoms with E-state index in [9.17, 15) is 5.11 Å². The molecular weight excluding hydrogens is 166 g/mol. The molecule has 0 atom stereocenters. The SMILES string of the molecule is CC(C)(O)c1coc(N)c1.Cl. The maximum atomic E-state index is 9.39. The van der Waals surface area contributed by atoms with Gasteiger partial charge in [0.15, 0.2) is 5.88 Å². The van der Waals surface area contributed by atoms with E-state index in [0.29, 0.717) is 11.4 Å². The summed E-state index contributed by atoms with van der Waals surface area (Å²) in [5, 5.41) is 9.39. The van der Waals surface area contributed by atoms with E-state index in [1.807, 2.05) is 0 Å². The van der Waals surface area contributed by atoms with E-state index in [-0.39, 0.29) is 12.4 Å². The Hall–Kier alpha value is -0.670. The standard InChI is InChI=1S/C7H11NO2.ClH/c1-7(2,9)5-3-6(8)10-4-5;/h3-4,9H,8H2,1-2H3;1H. The molecule has 0 aromatic carbocycles. The summed E-state index contributed by atoms with van der Waals surface area (Å²) < 4.78 is 4.81. The van der Waals surface area contributed by atoms with Gasteiger partial charge in [0, 0.05) is 11.6 Å². The van der Waals surface area contributed by atoms with Gasteiger partial charge >= 0.3 is 0 Å². The summed E-state index contributed by atoms with van der Waals surface area (Å²) in [6.45, 7) is 3.36. The lowest BCUT2D eigenvalue weighted by molar-refractivity contribution is 0.0779. The van der Waals surface area contributed by atoms with Gasteiger partial charge in [-0.2, -0.15) is 0 Å². The van der Waals surface area contributed by atoms with Crippen molar-refractivity contribution in [2.75, 3.05) is 5.73 Å². The Morgan fingerprint density at radius 2 is 2.09 bits per heavy atom. The molecule has 0 saturated heterocycles. The van der Waals surface area contributed by atoms with Crippen molar-refractivity contribution in [3.05, 3.63) is 17.9 Å². The monoisotopic (exact) mass is 177 g/mol. The first-order chi connectivity index (χ1) is 4.50. The van der Waals surface area contributed by atoms with Crippen molar-refractivity contribution < 1.29 is 9.52 Å². The Balaban J connectivity index is 0.000001000. The normalized spacial score (nSPS) is 10.8. The van der Waals surface area contributed by atoms with Gasteiger partial charge in [-0.3, -0.25) is 0 Å². The number of anilines is 1. The van der Waals surface area contributed by atoms with Gasteiger partial charge in [-0.25, -0.2) is 0 Å². The van der Waals surface area contributed by atoms with Gasteiger partial charge in [0.2, 0.25) is 0 Å². The molecule has 1 heterocycles. The van der Waals surface area contributed by atoms with Gasteiger partial charge < -0.3 is 15.3 Å². The van der Waals surface area contributed by atoms with Gasteiger partial charge in [0.25, 0.3) is 0 Å². The second-order valence-electron chi connectivity index (χ2n) is 2.80. The topological polar surface area (TPSA) is 59.4 Å². The van der Waals surface area contributed by atoms with Crippen molar-refractivity contribution in [2.24, 2.45) is 0 Å². The molecule has 0 aliphatic carbocycles. The summed E-state index contributed by atoms with van der Waals surface area (Å²) >= 11 is 0. The zero-order valence-corrected chi connectivity index (χ0v) is 7.31. The fraction of sp³-hybridized carbons (Fsp3) is 0.429. The maximum Gasteiger partial charge on any atom is 0.190 e. The van der Waals surface area contributed by atoms with E-state index >= 15 is 0 Å². The van der Waals surface area contributed by atoms with Crippen LogP contribution in [0.4, 0.5) is 5.88 Å². The average Bonchev–Trinajstić information content (AvgIpc) is 2.11. The molecule has 0 radical (unpaired) electrons. The Labute approximate surface area is 71.6 Å². The molecule has 4 heteroatoms. The van der Waals surface area contributed by atoms with Gasteiger partial charge in [-0.1, -0.05) is 0 Å². The van der Waals surface area contributed by atoms with Crippen molar-refractivity contribution in [1.29, 1.82) is 0 Å². The zero-order chi connectivity index (χ0) is 7.78. The molecule has 1 aromatic heterocycles. The summed E-state index contributed by atoms with van der Waals surface area (Å²) in [4.78, 5) is 0. The average molecular weight is 178 g/mol. The summed E-state index contributed by atoms with van der Waals surface area (Å²) in [6, 6.07) is 1.61. The van der Waals surface area contributed by atoms with Crippen LogP contribution in [-0.4, -0.2) is 5.11 Å². The smallest absolute Gasteiger partial charge is 0.190 e. The molecule has 11 heavy (non-hydrogen) atoms. The van der Waals surface area contributed by atoms with Crippen molar-refractivity contribution >= 4 is 18.3 Å². The zero-order valence-electron chi connectivity index (χ0n) is 6.50. The number of aliphatic hydroxyl groups is 1. The van der Waals surface area contributed by atoms with E-state index < -0.39 is 5.60 Å². The third kappa shape index (κ3) is 2.44. The molecule has 1 rings (SSSR count). The molecule has 0 aliphatic rings. The number of rotatable bonds is 1. The van der Waals surface area contributed by atoms with Crippen LogP contribution in [0.3, 0.4) is 0 Å². The minimum absolute atomic E-state index is 0. The van der Waals surface area contributed by atoms with Crippen LogP contribution in [0.15, 0.2) is 16.7 Å².